The Kier molecular flexibility index (Phi) is 4.75. The molecule has 1 saturated carbocycles. The van der Waals surface area contributed by atoms with Crippen LogP contribution >= 0.6 is 0 Å². The molecule has 32 heavy (non-hydrogen) atoms. The highest BCUT2D eigenvalue weighted by atomic mass is 19.1. The van der Waals surface area contributed by atoms with Crippen LogP contribution in [0.25, 0.3) is 44.3 Å². The smallest absolute Gasteiger partial charge is 0.171 e. The number of nitrogens with zero attached hydrogens (tertiary/aromatic N) is 1. The summed E-state index contributed by atoms with van der Waals surface area (Å²) in [7, 11) is 0. The number of fused-ring (bicyclic) bond motifs is 3. The number of pyridine rings is 1. The maximum Gasteiger partial charge on any atom is 0.171 e. The topological polar surface area (TPSA) is 26.0 Å². The van der Waals surface area contributed by atoms with Crippen molar-refractivity contribution in [2.75, 3.05) is 0 Å². The van der Waals surface area contributed by atoms with Gasteiger partial charge in [0.15, 0.2) is 11.4 Å². The third-order valence-electron chi connectivity index (χ3n) is 6.75. The first kappa shape index (κ1) is 19.2. The third-order valence-corrected chi connectivity index (χ3v) is 6.75. The van der Waals surface area contributed by atoms with E-state index in [1.165, 1.54) is 31.2 Å². The normalized spacial score (nSPS) is 14.5. The molecular formula is C29H24FNO. The van der Waals surface area contributed by atoms with Crippen molar-refractivity contribution in [2.24, 2.45) is 5.92 Å². The van der Waals surface area contributed by atoms with Crippen molar-refractivity contribution in [1.82, 2.24) is 4.98 Å². The standard InChI is InChI=1S/C29H24FNO/c30-26-17-23(21-8-2-1-3-9-21)16-25-24-11-10-22(18-28(24)32-29(25)26)27-15-20(12-13-31-27)14-19-6-4-5-7-19/h1-3,8-13,15-19H,4-7,14H2. The molecule has 5 aromatic rings. The average molecular weight is 422 g/mol. The summed E-state index contributed by atoms with van der Waals surface area (Å²) in [6.07, 6.45) is 8.39. The maximum absolute atomic E-state index is 14.9. The van der Waals surface area contributed by atoms with Crippen LogP contribution in [0.1, 0.15) is 31.2 Å². The van der Waals surface area contributed by atoms with Crippen LogP contribution < -0.4 is 0 Å². The van der Waals surface area contributed by atoms with Gasteiger partial charge < -0.3 is 4.42 Å². The Labute approximate surface area is 186 Å². The molecule has 0 saturated heterocycles. The zero-order chi connectivity index (χ0) is 21.5. The van der Waals surface area contributed by atoms with E-state index in [1.54, 1.807) is 6.07 Å². The number of rotatable bonds is 4. The summed E-state index contributed by atoms with van der Waals surface area (Å²) in [5.41, 5.74) is 6.10. The summed E-state index contributed by atoms with van der Waals surface area (Å²) in [5.74, 6) is 0.459. The third kappa shape index (κ3) is 3.48. The Morgan fingerprint density at radius 1 is 0.812 bits per heavy atom. The molecule has 0 amide bonds. The van der Waals surface area contributed by atoms with Gasteiger partial charge in [0.25, 0.3) is 0 Å². The van der Waals surface area contributed by atoms with Gasteiger partial charge in [0.05, 0.1) is 5.69 Å². The van der Waals surface area contributed by atoms with Gasteiger partial charge in [-0.05, 0) is 65.4 Å². The molecule has 6 rings (SSSR count). The molecule has 2 nitrogen and oxygen atoms in total. The number of hydrogen-bond donors (Lipinski definition) is 0. The summed E-state index contributed by atoms with van der Waals surface area (Å²) in [6, 6.07) is 23.8. The molecule has 2 heterocycles. The highest BCUT2D eigenvalue weighted by Crippen LogP contribution is 2.36. The van der Waals surface area contributed by atoms with Gasteiger partial charge in [-0.25, -0.2) is 4.39 Å². The molecule has 2 aromatic heterocycles. The van der Waals surface area contributed by atoms with Crippen molar-refractivity contribution < 1.29 is 8.81 Å². The second-order valence-electron chi connectivity index (χ2n) is 8.92. The van der Waals surface area contributed by atoms with Crippen LogP contribution in [0.4, 0.5) is 4.39 Å². The number of hydrogen-bond acceptors (Lipinski definition) is 2. The Hall–Kier alpha value is -3.46. The minimum atomic E-state index is -0.337. The van der Waals surface area contributed by atoms with Crippen molar-refractivity contribution >= 4 is 21.9 Å². The molecule has 0 atom stereocenters. The van der Waals surface area contributed by atoms with E-state index in [0.29, 0.717) is 11.2 Å². The Morgan fingerprint density at radius 2 is 1.66 bits per heavy atom. The molecular weight excluding hydrogens is 397 g/mol. The van der Waals surface area contributed by atoms with Gasteiger partial charge in [-0.3, -0.25) is 4.98 Å². The monoisotopic (exact) mass is 421 g/mol. The summed E-state index contributed by atoms with van der Waals surface area (Å²) in [5, 5.41) is 1.72. The van der Waals surface area contributed by atoms with E-state index in [2.05, 4.69) is 23.2 Å². The van der Waals surface area contributed by atoms with Crippen LogP contribution in [0, 0.1) is 11.7 Å². The lowest BCUT2D eigenvalue weighted by Crippen LogP contribution is -1.99. The zero-order valence-corrected chi connectivity index (χ0v) is 17.9. The predicted molar refractivity (Wildman–Crippen MR) is 128 cm³/mol. The van der Waals surface area contributed by atoms with Crippen LogP contribution in [-0.4, -0.2) is 4.98 Å². The summed E-state index contributed by atoms with van der Waals surface area (Å²) in [6.45, 7) is 0. The van der Waals surface area contributed by atoms with Gasteiger partial charge in [0.2, 0.25) is 0 Å². The van der Waals surface area contributed by atoms with E-state index in [1.807, 2.05) is 54.7 Å². The van der Waals surface area contributed by atoms with E-state index in [-0.39, 0.29) is 5.82 Å². The molecule has 3 heteroatoms. The first-order chi connectivity index (χ1) is 15.7. The van der Waals surface area contributed by atoms with Crippen LogP contribution in [0.2, 0.25) is 0 Å². The van der Waals surface area contributed by atoms with Crippen LogP contribution in [-0.2, 0) is 6.42 Å². The SMILES string of the molecule is Fc1cc(-c2ccccc2)cc2c1oc1cc(-c3cc(CC4CCCC4)ccn3)ccc12. The Balaban J connectivity index is 1.40. The van der Waals surface area contributed by atoms with Crippen molar-refractivity contribution in [2.45, 2.75) is 32.1 Å². The van der Waals surface area contributed by atoms with Crippen LogP contribution in [0.5, 0.6) is 0 Å². The molecule has 3 aromatic carbocycles. The summed E-state index contributed by atoms with van der Waals surface area (Å²) < 4.78 is 20.9. The molecule has 158 valence electrons. The summed E-state index contributed by atoms with van der Waals surface area (Å²) >= 11 is 0. The van der Waals surface area contributed by atoms with Crippen molar-refractivity contribution in [3.63, 3.8) is 0 Å². The maximum atomic E-state index is 14.9. The van der Waals surface area contributed by atoms with Crippen molar-refractivity contribution in [1.29, 1.82) is 0 Å². The largest absolute Gasteiger partial charge is 0.453 e. The number of benzene rings is 3. The van der Waals surface area contributed by atoms with E-state index < -0.39 is 0 Å². The van der Waals surface area contributed by atoms with Gasteiger partial charge in [-0.1, -0.05) is 62.1 Å². The van der Waals surface area contributed by atoms with Gasteiger partial charge >= 0.3 is 0 Å². The number of aromatic nitrogens is 1. The lowest BCUT2D eigenvalue weighted by atomic mass is 9.97. The molecule has 0 bridgehead atoms. The molecule has 0 radical (unpaired) electrons. The lowest BCUT2D eigenvalue weighted by molar-refractivity contribution is 0.546. The highest BCUT2D eigenvalue weighted by molar-refractivity contribution is 6.07. The van der Waals surface area contributed by atoms with Crippen LogP contribution in [0.3, 0.4) is 0 Å². The lowest BCUT2D eigenvalue weighted by Gasteiger charge is -2.10. The predicted octanol–water partition coefficient (Wildman–Crippen LogP) is 8.19. The molecule has 1 aliphatic rings. The molecule has 0 N–H and O–H groups in total. The van der Waals surface area contributed by atoms with Gasteiger partial charge in [0.1, 0.15) is 5.58 Å². The van der Waals surface area contributed by atoms with E-state index in [4.69, 9.17) is 4.42 Å². The second-order valence-corrected chi connectivity index (χ2v) is 8.92. The Morgan fingerprint density at radius 3 is 2.50 bits per heavy atom. The fourth-order valence-electron chi connectivity index (χ4n) is 5.10. The average Bonchev–Trinajstić information content (AvgIpc) is 3.47. The first-order valence-corrected chi connectivity index (χ1v) is 11.4. The molecule has 1 aliphatic carbocycles. The fourth-order valence-corrected chi connectivity index (χ4v) is 5.10. The molecule has 0 aliphatic heterocycles. The second kappa shape index (κ2) is 7.90. The van der Waals surface area contributed by atoms with Crippen LogP contribution in [0.15, 0.2) is 83.4 Å². The number of furan rings is 1. The molecule has 0 spiro atoms. The van der Waals surface area contributed by atoms with Crippen molar-refractivity contribution in [3.05, 3.63) is 90.4 Å². The Bertz CT molecular complexity index is 1410. The van der Waals surface area contributed by atoms with Gasteiger partial charge in [0, 0.05) is 22.5 Å². The van der Waals surface area contributed by atoms with Gasteiger partial charge in [-0.2, -0.15) is 0 Å². The van der Waals surface area contributed by atoms with E-state index >= 15 is 0 Å². The quantitative estimate of drug-likeness (QED) is 0.292. The first-order valence-electron chi connectivity index (χ1n) is 11.4. The fraction of sp³-hybridized carbons (Fsp3) is 0.207. The van der Waals surface area contributed by atoms with E-state index in [0.717, 1.165) is 45.5 Å². The van der Waals surface area contributed by atoms with Crippen molar-refractivity contribution in [3.8, 4) is 22.4 Å². The zero-order valence-electron chi connectivity index (χ0n) is 17.9. The minimum Gasteiger partial charge on any atom is -0.453 e. The highest BCUT2D eigenvalue weighted by Gasteiger charge is 2.17. The molecule has 0 unspecified atom stereocenters. The summed E-state index contributed by atoms with van der Waals surface area (Å²) in [4.78, 5) is 4.60. The number of halogens is 1. The minimum absolute atomic E-state index is 0.305. The van der Waals surface area contributed by atoms with Gasteiger partial charge in [-0.15, -0.1) is 0 Å². The van der Waals surface area contributed by atoms with E-state index in [9.17, 15) is 4.39 Å². The molecule has 1 fully saturated rings.